The van der Waals surface area contributed by atoms with Crippen molar-refractivity contribution < 1.29 is 0 Å². The molecule has 0 amide bonds. The summed E-state index contributed by atoms with van der Waals surface area (Å²) in [5.41, 5.74) is 3.12. The lowest BCUT2D eigenvalue weighted by Gasteiger charge is -2.19. The third-order valence-corrected chi connectivity index (χ3v) is 1.82. The molecular formula is C9H15N. The smallest absolute Gasteiger partial charge is 0.0603 e. The van der Waals surface area contributed by atoms with Crippen molar-refractivity contribution >= 4 is 6.21 Å². The number of rotatable bonds is 0. The van der Waals surface area contributed by atoms with E-state index in [-0.39, 0.29) is 5.41 Å². The normalized spacial score (nSPS) is 18.8. The van der Waals surface area contributed by atoms with Gasteiger partial charge < -0.3 is 0 Å². The van der Waals surface area contributed by atoms with Crippen molar-refractivity contribution in [2.24, 2.45) is 10.4 Å². The van der Waals surface area contributed by atoms with Gasteiger partial charge in [0.05, 0.1) is 6.54 Å². The molecule has 0 saturated carbocycles. The lowest BCUT2D eigenvalue weighted by Crippen LogP contribution is -2.10. The average Bonchev–Trinajstić information content (AvgIpc) is 2.11. The summed E-state index contributed by atoms with van der Waals surface area (Å²) in [4.78, 5) is 4.21. The van der Waals surface area contributed by atoms with Crippen molar-refractivity contribution in [1.82, 2.24) is 0 Å². The Labute approximate surface area is 62.9 Å². The molecule has 0 N–H and O–H groups in total. The lowest BCUT2D eigenvalue weighted by molar-refractivity contribution is 0.524. The van der Waals surface area contributed by atoms with E-state index in [0.717, 1.165) is 6.54 Å². The first kappa shape index (κ1) is 7.52. The summed E-state index contributed by atoms with van der Waals surface area (Å²) < 4.78 is 0. The second-order valence-corrected chi connectivity index (χ2v) is 3.91. The number of hydrogen-bond donors (Lipinski definition) is 0. The first-order valence-corrected chi connectivity index (χ1v) is 3.72. The van der Waals surface area contributed by atoms with Crippen molar-refractivity contribution in [3.63, 3.8) is 0 Å². The monoisotopic (exact) mass is 137 g/mol. The first-order valence-electron chi connectivity index (χ1n) is 3.72. The highest BCUT2D eigenvalue weighted by Gasteiger charge is 2.19. The molecule has 0 aromatic heterocycles. The van der Waals surface area contributed by atoms with Gasteiger partial charge in [-0.2, -0.15) is 0 Å². The van der Waals surface area contributed by atoms with E-state index in [1.807, 2.05) is 6.21 Å². The largest absolute Gasteiger partial charge is 0.288 e. The van der Waals surface area contributed by atoms with E-state index in [9.17, 15) is 0 Å². The molecule has 1 heterocycles. The summed E-state index contributed by atoms with van der Waals surface area (Å²) in [6.45, 7) is 9.75. The summed E-state index contributed by atoms with van der Waals surface area (Å²) in [5, 5.41) is 0. The van der Waals surface area contributed by atoms with Crippen LogP contribution in [0.4, 0.5) is 0 Å². The van der Waals surface area contributed by atoms with Gasteiger partial charge in [0.1, 0.15) is 0 Å². The number of allylic oxidation sites excluding steroid dienone is 1. The van der Waals surface area contributed by atoms with Crippen LogP contribution < -0.4 is 0 Å². The van der Waals surface area contributed by atoms with Crippen LogP contribution in [-0.4, -0.2) is 12.8 Å². The van der Waals surface area contributed by atoms with Crippen molar-refractivity contribution in [1.29, 1.82) is 0 Å². The zero-order valence-electron chi connectivity index (χ0n) is 7.23. The topological polar surface area (TPSA) is 12.4 Å². The fourth-order valence-electron chi connectivity index (χ4n) is 1.30. The van der Waals surface area contributed by atoms with Gasteiger partial charge in [-0.05, 0) is 23.5 Å². The fourth-order valence-corrected chi connectivity index (χ4v) is 1.30. The Bertz CT molecular complexity index is 191. The molecule has 1 aliphatic rings. The summed E-state index contributed by atoms with van der Waals surface area (Å²) in [7, 11) is 0. The second-order valence-electron chi connectivity index (χ2n) is 3.91. The molecule has 56 valence electrons. The fraction of sp³-hybridized carbons (Fsp3) is 0.667. The molecule has 0 aromatic carbocycles. The minimum absolute atomic E-state index is 0.282. The first-order chi connectivity index (χ1) is 4.52. The zero-order chi connectivity index (χ0) is 7.78. The van der Waals surface area contributed by atoms with Gasteiger partial charge in [-0.15, -0.1) is 0 Å². The molecule has 10 heavy (non-hydrogen) atoms. The molecule has 0 unspecified atom stereocenters. The maximum absolute atomic E-state index is 4.21. The predicted molar refractivity (Wildman–Crippen MR) is 45.5 cm³/mol. The molecule has 1 heteroatoms. The number of aliphatic imine (C=N–C) groups is 1. The Morgan fingerprint density at radius 3 is 2.20 bits per heavy atom. The van der Waals surface area contributed by atoms with Gasteiger partial charge in [-0.1, -0.05) is 20.8 Å². The van der Waals surface area contributed by atoms with Gasteiger partial charge in [0.15, 0.2) is 0 Å². The lowest BCUT2D eigenvalue weighted by atomic mass is 9.85. The van der Waals surface area contributed by atoms with E-state index in [0.29, 0.717) is 0 Å². The van der Waals surface area contributed by atoms with Crippen LogP contribution in [-0.2, 0) is 0 Å². The number of nitrogens with zero attached hydrogens (tertiary/aromatic N) is 1. The van der Waals surface area contributed by atoms with Crippen molar-refractivity contribution in [2.75, 3.05) is 6.54 Å². The van der Waals surface area contributed by atoms with E-state index >= 15 is 0 Å². The Balaban J connectivity index is 2.91. The molecule has 0 aliphatic carbocycles. The van der Waals surface area contributed by atoms with Crippen LogP contribution in [0.25, 0.3) is 0 Å². The molecule has 0 bridgehead atoms. The quantitative estimate of drug-likeness (QED) is 0.486. The Hall–Kier alpha value is -0.590. The average molecular weight is 137 g/mol. The van der Waals surface area contributed by atoms with Crippen LogP contribution in [0.2, 0.25) is 0 Å². The van der Waals surface area contributed by atoms with Crippen LogP contribution in [0.3, 0.4) is 0 Å². The van der Waals surface area contributed by atoms with Gasteiger partial charge in [-0.25, -0.2) is 0 Å². The third-order valence-electron chi connectivity index (χ3n) is 1.82. The second kappa shape index (κ2) is 2.22. The van der Waals surface area contributed by atoms with Crippen LogP contribution in [0, 0.1) is 5.41 Å². The van der Waals surface area contributed by atoms with Gasteiger partial charge in [0.25, 0.3) is 0 Å². The maximum atomic E-state index is 4.21. The molecule has 1 nitrogen and oxygen atoms in total. The van der Waals surface area contributed by atoms with Crippen LogP contribution in [0.5, 0.6) is 0 Å². The summed E-state index contributed by atoms with van der Waals surface area (Å²) in [6, 6.07) is 0. The van der Waals surface area contributed by atoms with E-state index in [1.165, 1.54) is 11.1 Å². The summed E-state index contributed by atoms with van der Waals surface area (Å²) in [6.07, 6.45) is 2.01. The van der Waals surface area contributed by atoms with Gasteiger partial charge in [0, 0.05) is 6.21 Å². The van der Waals surface area contributed by atoms with E-state index < -0.39 is 0 Å². The molecule has 0 fully saturated rings. The minimum Gasteiger partial charge on any atom is -0.288 e. The molecular weight excluding hydrogens is 122 g/mol. The highest BCUT2D eigenvalue weighted by Crippen LogP contribution is 2.28. The van der Waals surface area contributed by atoms with Crippen LogP contribution in [0.1, 0.15) is 27.7 Å². The number of hydrogen-bond acceptors (Lipinski definition) is 1. The molecule has 0 saturated heterocycles. The molecule has 0 atom stereocenters. The summed E-state index contributed by atoms with van der Waals surface area (Å²) in [5.74, 6) is 0. The molecule has 1 aliphatic heterocycles. The van der Waals surface area contributed by atoms with Gasteiger partial charge >= 0.3 is 0 Å². The van der Waals surface area contributed by atoms with Gasteiger partial charge in [0.2, 0.25) is 0 Å². The molecule has 0 aromatic rings. The maximum Gasteiger partial charge on any atom is 0.0603 e. The molecule has 0 spiro atoms. The SMILES string of the molecule is CC1=C(C(C)(C)C)C=NC1. The van der Waals surface area contributed by atoms with Crippen LogP contribution in [0.15, 0.2) is 16.1 Å². The van der Waals surface area contributed by atoms with E-state index in [1.54, 1.807) is 0 Å². The third kappa shape index (κ3) is 1.28. The van der Waals surface area contributed by atoms with E-state index in [2.05, 4.69) is 32.7 Å². The summed E-state index contributed by atoms with van der Waals surface area (Å²) >= 11 is 0. The zero-order valence-corrected chi connectivity index (χ0v) is 7.23. The minimum atomic E-state index is 0.282. The standard InChI is InChI=1S/C9H15N/c1-7-5-10-6-8(7)9(2,3)4/h6H,5H2,1-4H3. The Kier molecular flexibility index (Phi) is 1.67. The van der Waals surface area contributed by atoms with Crippen molar-refractivity contribution in [2.45, 2.75) is 27.7 Å². The van der Waals surface area contributed by atoms with Crippen molar-refractivity contribution in [3.8, 4) is 0 Å². The van der Waals surface area contributed by atoms with E-state index in [4.69, 9.17) is 0 Å². The predicted octanol–water partition coefficient (Wildman–Crippen LogP) is 2.43. The molecule has 0 radical (unpaired) electrons. The Morgan fingerprint density at radius 1 is 1.40 bits per heavy atom. The van der Waals surface area contributed by atoms with Crippen molar-refractivity contribution in [3.05, 3.63) is 11.1 Å². The van der Waals surface area contributed by atoms with Gasteiger partial charge in [-0.3, -0.25) is 4.99 Å². The molecule has 1 rings (SSSR count). The highest BCUT2D eigenvalue weighted by molar-refractivity contribution is 5.83. The Morgan fingerprint density at radius 2 is 2.00 bits per heavy atom. The highest BCUT2D eigenvalue weighted by atomic mass is 14.7. The van der Waals surface area contributed by atoms with Crippen LogP contribution >= 0.6 is 0 Å².